The van der Waals surface area contributed by atoms with Crippen molar-refractivity contribution in [1.82, 2.24) is 0 Å². The van der Waals surface area contributed by atoms with Crippen LogP contribution in [0.3, 0.4) is 0 Å². The van der Waals surface area contributed by atoms with Crippen LogP contribution in [0, 0.1) is 13.8 Å². The fraction of sp³-hybridized carbons (Fsp3) is 0.231. The molecule has 160 valence electrons. The van der Waals surface area contributed by atoms with E-state index in [-0.39, 0.29) is 12.1 Å². The van der Waals surface area contributed by atoms with E-state index in [1.165, 1.54) is 10.8 Å². The Morgan fingerprint density at radius 2 is 1.68 bits per heavy atom. The highest BCUT2D eigenvalue weighted by Crippen LogP contribution is 2.30. The van der Waals surface area contributed by atoms with Gasteiger partial charge < -0.3 is 14.3 Å². The monoisotopic (exact) mass is 418 g/mol. The Morgan fingerprint density at radius 3 is 2.42 bits per heavy atom. The summed E-state index contributed by atoms with van der Waals surface area (Å²) in [4.78, 5) is 20.8. The van der Waals surface area contributed by atoms with Crippen molar-refractivity contribution < 1.29 is 19.1 Å². The van der Waals surface area contributed by atoms with Gasteiger partial charge in [-0.05, 0) is 54.3 Å². The molecule has 0 unspecified atom stereocenters. The van der Waals surface area contributed by atoms with E-state index >= 15 is 0 Å². The lowest BCUT2D eigenvalue weighted by Gasteiger charge is -2.14. The average molecular weight is 418 g/mol. The van der Waals surface area contributed by atoms with E-state index in [4.69, 9.17) is 19.1 Å². The van der Waals surface area contributed by atoms with Crippen molar-refractivity contribution in [3.63, 3.8) is 0 Å². The number of benzene rings is 3. The maximum Gasteiger partial charge on any atom is 0.339 e. The Hall–Kier alpha value is -3.60. The smallest absolute Gasteiger partial charge is 0.339 e. The predicted octanol–water partition coefficient (Wildman–Crippen LogP) is 5.80. The lowest BCUT2D eigenvalue weighted by molar-refractivity contribution is -0.122. The molecule has 0 aliphatic heterocycles. The van der Waals surface area contributed by atoms with Crippen molar-refractivity contribution in [2.75, 3.05) is 0 Å². The number of rotatable bonds is 5. The molecule has 0 amide bonds. The van der Waals surface area contributed by atoms with E-state index in [2.05, 4.69) is 31.2 Å². The van der Waals surface area contributed by atoms with Crippen LogP contribution in [-0.4, -0.2) is 11.6 Å². The van der Waals surface area contributed by atoms with E-state index in [9.17, 15) is 4.79 Å². The largest absolute Gasteiger partial charge is 0.488 e. The Kier molecular flexibility index (Phi) is 7.08. The standard InChI is InChI=1S/C25H24O3.CH2O2/c1-4-8-21-16(2)20-13-14-23(17(3)24(20)28-25(21)26)27-15-19-11-7-10-18-9-5-6-12-22(18)19;2-1-3/h5-7,9-14H,4,8,15H2,1-3H3;1H,(H,2,3). The van der Waals surface area contributed by atoms with Gasteiger partial charge in [-0.2, -0.15) is 0 Å². The van der Waals surface area contributed by atoms with Crippen LogP contribution in [0.25, 0.3) is 21.7 Å². The second kappa shape index (κ2) is 9.94. The van der Waals surface area contributed by atoms with Gasteiger partial charge in [0.1, 0.15) is 17.9 Å². The van der Waals surface area contributed by atoms with E-state index in [1.807, 2.05) is 44.2 Å². The number of fused-ring (bicyclic) bond motifs is 2. The number of carbonyl (C=O) groups is 1. The molecule has 0 spiro atoms. The molecule has 3 aromatic carbocycles. The second-order valence-corrected chi connectivity index (χ2v) is 7.34. The van der Waals surface area contributed by atoms with Crippen LogP contribution in [0.1, 0.15) is 35.6 Å². The summed E-state index contributed by atoms with van der Waals surface area (Å²) >= 11 is 0. The van der Waals surface area contributed by atoms with E-state index in [1.54, 1.807) is 0 Å². The minimum Gasteiger partial charge on any atom is -0.488 e. The lowest BCUT2D eigenvalue weighted by atomic mass is 10.0. The van der Waals surface area contributed by atoms with Crippen LogP contribution in [0.2, 0.25) is 0 Å². The summed E-state index contributed by atoms with van der Waals surface area (Å²) < 4.78 is 11.8. The van der Waals surface area contributed by atoms with Gasteiger partial charge in [0.2, 0.25) is 0 Å². The number of hydrogen-bond acceptors (Lipinski definition) is 4. The third kappa shape index (κ3) is 4.61. The summed E-state index contributed by atoms with van der Waals surface area (Å²) in [7, 11) is 0. The topological polar surface area (TPSA) is 76.7 Å². The maximum atomic E-state index is 12.4. The van der Waals surface area contributed by atoms with Crippen molar-refractivity contribution in [1.29, 1.82) is 0 Å². The van der Waals surface area contributed by atoms with Crippen molar-refractivity contribution in [3.05, 3.63) is 87.3 Å². The van der Waals surface area contributed by atoms with Crippen LogP contribution in [0.5, 0.6) is 5.75 Å². The van der Waals surface area contributed by atoms with Gasteiger partial charge in [0, 0.05) is 16.5 Å². The summed E-state index contributed by atoms with van der Waals surface area (Å²) in [6, 6.07) is 18.5. The predicted molar refractivity (Wildman–Crippen MR) is 123 cm³/mol. The zero-order valence-electron chi connectivity index (χ0n) is 18.0. The molecule has 0 fully saturated rings. The van der Waals surface area contributed by atoms with Crippen LogP contribution in [-0.2, 0) is 17.8 Å². The van der Waals surface area contributed by atoms with Gasteiger partial charge >= 0.3 is 5.63 Å². The van der Waals surface area contributed by atoms with Crippen molar-refractivity contribution in [3.8, 4) is 5.75 Å². The molecule has 1 N–H and O–H groups in total. The summed E-state index contributed by atoms with van der Waals surface area (Å²) in [5.41, 5.74) is 4.17. The van der Waals surface area contributed by atoms with Gasteiger partial charge in [-0.1, -0.05) is 55.8 Å². The van der Waals surface area contributed by atoms with Gasteiger partial charge in [0.05, 0.1) is 0 Å². The highest BCUT2D eigenvalue weighted by molar-refractivity contribution is 5.86. The van der Waals surface area contributed by atoms with Crippen LogP contribution >= 0.6 is 0 Å². The van der Waals surface area contributed by atoms with E-state index in [0.717, 1.165) is 46.2 Å². The zero-order valence-corrected chi connectivity index (χ0v) is 18.0. The highest BCUT2D eigenvalue weighted by Gasteiger charge is 2.15. The fourth-order valence-corrected chi connectivity index (χ4v) is 3.84. The van der Waals surface area contributed by atoms with Gasteiger partial charge in [-0.3, -0.25) is 4.79 Å². The second-order valence-electron chi connectivity index (χ2n) is 7.34. The number of carboxylic acid groups (broad SMARTS) is 1. The molecule has 0 aliphatic rings. The summed E-state index contributed by atoms with van der Waals surface area (Å²) in [5.74, 6) is 0.742. The van der Waals surface area contributed by atoms with Gasteiger partial charge in [-0.25, -0.2) is 4.79 Å². The molecule has 0 bridgehead atoms. The molecule has 5 heteroatoms. The highest BCUT2D eigenvalue weighted by atomic mass is 16.5. The summed E-state index contributed by atoms with van der Waals surface area (Å²) in [5, 5.41) is 10.3. The molecule has 0 saturated carbocycles. The van der Waals surface area contributed by atoms with Gasteiger partial charge in [0.25, 0.3) is 6.47 Å². The quantitative estimate of drug-likeness (QED) is 0.328. The summed E-state index contributed by atoms with van der Waals surface area (Å²) in [6.45, 7) is 6.23. The fourth-order valence-electron chi connectivity index (χ4n) is 3.84. The van der Waals surface area contributed by atoms with Crippen LogP contribution in [0.4, 0.5) is 0 Å². The minimum atomic E-state index is -0.250. The molecule has 4 rings (SSSR count). The van der Waals surface area contributed by atoms with E-state index in [0.29, 0.717) is 12.2 Å². The molecule has 1 aromatic heterocycles. The van der Waals surface area contributed by atoms with Crippen LogP contribution in [0.15, 0.2) is 63.8 Å². The number of hydrogen-bond donors (Lipinski definition) is 1. The Bertz CT molecular complexity index is 1270. The normalized spacial score (nSPS) is 10.5. The molecule has 0 atom stereocenters. The maximum absolute atomic E-state index is 12.4. The third-order valence-electron chi connectivity index (χ3n) is 5.42. The molecular weight excluding hydrogens is 392 g/mol. The number of aryl methyl sites for hydroxylation is 2. The Labute approximate surface area is 180 Å². The zero-order chi connectivity index (χ0) is 22.4. The van der Waals surface area contributed by atoms with Crippen LogP contribution < -0.4 is 10.4 Å². The SMILES string of the molecule is CCCc1c(C)c2ccc(OCc3cccc4ccccc34)c(C)c2oc1=O.O=CO. The first kappa shape index (κ1) is 22.1. The lowest BCUT2D eigenvalue weighted by Crippen LogP contribution is -2.10. The molecular formula is C26H26O5. The number of ether oxygens (including phenoxy) is 1. The molecule has 4 aromatic rings. The third-order valence-corrected chi connectivity index (χ3v) is 5.42. The molecule has 1 heterocycles. The van der Waals surface area contributed by atoms with Gasteiger partial charge in [0.15, 0.2) is 0 Å². The first-order chi connectivity index (χ1) is 15.0. The molecule has 5 nitrogen and oxygen atoms in total. The van der Waals surface area contributed by atoms with Gasteiger partial charge in [-0.15, -0.1) is 0 Å². The minimum absolute atomic E-state index is 0.235. The molecule has 0 radical (unpaired) electrons. The van der Waals surface area contributed by atoms with E-state index < -0.39 is 0 Å². The molecule has 0 saturated heterocycles. The Balaban J connectivity index is 0.000000858. The average Bonchev–Trinajstić information content (AvgIpc) is 2.77. The van der Waals surface area contributed by atoms with Crippen molar-refractivity contribution in [2.45, 2.75) is 40.2 Å². The van der Waals surface area contributed by atoms with Crippen molar-refractivity contribution >= 4 is 28.2 Å². The molecule has 0 aliphatic carbocycles. The summed E-state index contributed by atoms with van der Waals surface area (Å²) in [6.07, 6.45) is 1.66. The molecule has 31 heavy (non-hydrogen) atoms. The first-order valence-corrected chi connectivity index (χ1v) is 10.2. The first-order valence-electron chi connectivity index (χ1n) is 10.2. The Morgan fingerprint density at radius 1 is 0.968 bits per heavy atom. The van der Waals surface area contributed by atoms with Crippen molar-refractivity contribution in [2.24, 2.45) is 0 Å².